The summed E-state index contributed by atoms with van der Waals surface area (Å²) in [6.07, 6.45) is 0.836. The Hall–Kier alpha value is -2.56. The van der Waals surface area contributed by atoms with Gasteiger partial charge in [-0.25, -0.2) is 4.79 Å². The summed E-state index contributed by atoms with van der Waals surface area (Å²) in [7, 11) is 0. The zero-order chi connectivity index (χ0) is 15.1. The van der Waals surface area contributed by atoms with Crippen LogP contribution in [0.25, 0.3) is 0 Å². The van der Waals surface area contributed by atoms with Gasteiger partial charge in [-0.05, 0) is 48.7 Å². The Balaban J connectivity index is 2.06. The van der Waals surface area contributed by atoms with Crippen LogP contribution in [0.1, 0.15) is 32.8 Å². The Morgan fingerprint density at radius 3 is 2.67 bits per heavy atom. The molecule has 1 aliphatic rings. The van der Waals surface area contributed by atoms with Crippen LogP contribution < -0.4 is 4.74 Å². The molecule has 0 amide bonds. The second kappa shape index (κ2) is 4.77. The van der Waals surface area contributed by atoms with Crippen molar-refractivity contribution in [2.75, 3.05) is 0 Å². The van der Waals surface area contributed by atoms with E-state index in [9.17, 15) is 9.59 Å². The van der Waals surface area contributed by atoms with Crippen molar-refractivity contribution < 1.29 is 23.8 Å². The molecule has 0 fully saturated rings. The second-order valence-corrected chi connectivity index (χ2v) is 5.12. The van der Waals surface area contributed by atoms with Crippen molar-refractivity contribution in [3.63, 3.8) is 0 Å². The van der Waals surface area contributed by atoms with Gasteiger partial charge in [-0.1, -0.05) is 0 Å². The SMILES string of the molecule is Cc1c(C(=O)c2ccco2)cc2c(c1C)OC(C(=O)O)C2. The van der Waals surface area contributed by atoms with Gasteiger partial charge in [0.2, 0.25) is 5.78 Å². The van der Waals surface area contributed by atoms with Crippen LogP contribution in [0.2, 0.25) is 0 Å². The topological polar surface area (TPSA) is 76.7 Å². The first-order chi connectivity index (χ1) is 9.99. The molecule has 0 spiro atoms. The first-order valence-corrected chi connectivity index (χ1v) is 6.59. The van der Waals surface area contributed by atoms with Crippen LogP contribution in [0.15, 0.2) is 28.9 Å². The summed E-state index contributed by atoms with van der Waals surface area (Å²) in [6.45, 7) is 3.65. The molecule has 1 unspecified atom stereocenters. The zero-order valence-corrected chi connectivity index (χ0v) is 11.7. The van der Waals surface area contributed by atoms with E-state index in [0.717, 1.165) is 16.7 Å². The number of hydrogen-bond acceptors (Lipinski definition) is 4. The van der Waals surface area contributed by atoms with Crippen LogP contribution in [-0.2, 0) is 11.2 Å². The third-order valence-corrected chi connectivity index (χ3v) is 3.85. The molecule has 1 aromatic carbocycles. The maximum atomic E-state index is 12.4. The van der Waals surface area contributed by atoms with Crippen molar-refractivity contribution in [1.82, 2.24) is 0 Å². The smallest absolute Gasteiger partial charge is 0.345 e. The Kier molecular flexibility index (Phi) is 3.05. The highest BCUT2D eigenvalue weighted by Crippen LogP contribution is 2.36. The summed E-state index contributed by atoms with van der Waals surface area (Å²) >= 11 is 0. The lowest BCUT2D eigenvalue weighted by atomic mass is 9.94. The highest BCUT2D eigenvalue weighted by atomic mass is 16.5. The van der Waals surface area contributed by atoms with Crippen molar-refractivity contribution in [3.05, 3.63) is 52.5 Å². The Morgan fingerprint density at radius 1 is 1.29 bits per heavy atom. The Bertz CT molecular complexity index is 728. The van der Waals surface area contributed by atoms with Gasteiger partial charge in [-0.3, -0.25) is 4.79 Å². The van der Waals surface area contributed by atoms with Gasteiger partial charge in [0, 0.05) is 12.0 Å². The maximum Gasteiger partial charge on any atom is 0.345 e. The van der Waals surface area contributed by atoms with Gasteiger partial charge in [-0.2, -0.15) is 0 Å². The van der Waals surface area contributed by atoms with Gasteiger partial charge in [0.05, 0.1) is 6.26 Å². The average Bonchev–Trinajstić information content (AvgIpc) is 3.10. The molecular weight excluding hydrogens is 272 g/mol. The molecular formula is C16H14O5. The van der Waals surface area contributed by atoms with Gasteiger partial charge >= 0.3 is 5.97 Å². The number of ether oxygens (including phenoxy) is 1. The average molecular weight is 286 g/mol. The predicted octanol–water partition coefficient (Wildman–Crippen LogP) is 2.52. The van der Waals surface area contributed by atoms with Crippen LogP contribution >= 0.6 is 0 Å². The molecule has 3 rings (SSSR count). The first kappa shape index (κ1) is 13.4. The largest absolute Gasteiger partial charge is 0.478 e. The minimum absolute atomic E-state index is 0.206. The molecule has 5 nitrogen and oxygen atoms in total. The molecule has 1 atom stereocenters. The highest BCUT2D eigenvalue weighted by Gasteiger charge is 2.32. The molecule has 2 heterocycles. The van der Waals surface area contributed by atoms with E-state index in [0.29, 0.717) is 11.3 Å². The van der Waals surface area contributed by atoms with Crippen molar-refractivity contribution >= 4 is 11.8 Å². The van der Waals surface area contributed by atoms with E-state index >= 15 is 0 Å². The highest BCUT2D eigenvalue weighted by molar-refractivity contribution is 6.08. The molecule has 0 aliphatic carbocycles. The van der Waals surface area contributed by atoms with Gasteiger partial charge in [0.15, 0.2) is 11.9 Å². The lowest BCUT2D eigenvalue weighted by Gasteiger charge is -2.12. The number of carbonyl (C=O) groups excluding carboxylic acids is 1. The predicted molar refractivity (Wildman–Crippen MR) is 73.8 cm³/mol. The van der Waals surface area contributed by atoms with E-state index in [1.807, 2.05) is 13.8 Å². The number of ketones is 1. The van der Waals surface area contributed by atoms with Crippen molar-refractivity contribution in [3.8, 4) is 5.75 Å². The van der Waals surface area contributed by atoms with Crippen LogP contribution in [-0.4, -0.2) is 23.0 Å². The third-order valence-electron chi connectivity index (χ3n) is 3.85. The van der Waals surface area contributed by atoms with Crippen molar-refractivity contribution in [2.45, 2.75) is 26.4 Å². The summed E-state index contributed by atoms with van der Waals surface area (Å²) in [5.41, 5.74) is 2.85. The number of aliphatic carboxylic acids is 1. The number of hydrogen-bond donors (Lipinski definition) is 1. The molecule has 0 saturated carbocycles. The van der Waals surface area contributed by atoms with Crippen LogP contribution in [0.4, 0.5) is 0 Å². The fraction of sp³-hybridized carbons (Fsp3) is 0.250. The van der Waals surface area contributed by atoms with Gasteiger partial charge in [-0.15, -0.1) is 0 Å². The van der Waals surface area contributed by atoms with Crippen molar-refractivity contribution in [1.29, 1.82) is 0 Å². The lowest BCUT2D eigenvalue weighted by molar-refractivity contribution is -0.144. The molecule has 0 radical (unpaired) electrons. The summed E-state index contributed by atoms with van der Waals surface area (Å²) in [6, 6.07) is 4.98. The molecule has 1 N–H and O–H groups in total. The quantitative estimate of drug-likeness (QED) is 0.877. The van der Waals surface area contributed by atoms with Crippen LogP contribution in [0.5, 0.6) is 5.75 Å². The fourth-order valence-corrected chi connectivity index (χ4v) is 2.57. The number of carbonyl (C=O) groups is 2. The molecule has 2 aromatic rings. The number of carboxylic acids is 1. The number of rotatable bonds is 3. The number of furan rings is 1. The van der Waals surface area contributed by atoms with Gasteiger partial charge in [0.1, 0.15) is 5.75 Å². The molecule has 108 valence electrons. The van der Waals surface area contributed by atoms with Crippen LogP contribution in [0, 0.1) is 13.8 Å². The monoisotopic (exact) mass is 286 g/mol. The fourth-order valence-electron chi connectivity index (χ4n) is 2.57. The normalized spacial score (nSPS) is 16.4. The van der Waals surface area contributed by atoms with E-state index in [-0.39, 0.29) is 18.0 Å². The Morgan fingerprint density at radius 2 is 2.05 bits per heavy atom. The van der Waals surface area contributed by atoms with Gasteiger partial charge < -0.3 is 14.3 Å². The van der Waals surface area contributed by atoms with E-state index in [1.54, 1.807) is 18.2 Å². The van der Waals surface area contributed by atoms with E-state index in [2.05, 4.69) is 0 Å². The maximum absolute atomic E-state index is 12.4. The summed E-state index contributed by atoms with van der Waals surface area (Å²) < 4.78 is 10.6. The first-order valence-electron chi connectivity index (χ1n) is 6.59. The van der Waals surface area contributed by atoms with Gasteiger partial charge in [0.25, 0.3) is 0 Å². The summed E-state index contributed by atoms with van der Waals surface area (Å²) in [5.74, 6) is -0.355. The minimum atomic E-state index is -0.998. The van der Waals surface area contributed by atoms with Crippen LogP contribution in [0.3, 0.4) is 0 Å². The molecule has 21 heavy (non-hydrogen) atoms. The summed E-state index contributed by atoms with van der Waals surface area (Å²) in [5, 5.41) is 9.07. The third kappa shape index (κ3) is 2.11. The number of benzene rings is 1. The number of carboxylic acid groups (broad SMARTS) is 1. The zero-order valence-electron chi connectivity index (χ0n) is 11.7. The van der Waals surface area contributed by atoms with E-state index < -0.39 is 12.1 Å². The second-order valence-electron chi connectivity index (χ2n) is 5.12. The standard InChI is InChI=1S/C16H14O5/c1-8-9(2)15-10(7-13(21-15)16(18)19)6-11(8)14(17)12-4-3-5-20-12/h3-6,13H,7H2,1-2H3,(H,18,19). The molecule has 0 bridgehead atoms. The minimum Gasteiger partial charge on any atom is -0.478 e. The Labute approximate surface area is 121 Å². The van der Waals surface area contributed by atoms with Crippen molar-refractivity contribution in [2.24, 2.45) is 0 Å². The van der Waals surface area contributed by atoms with E-state index in [1.165, 1.54) is 6.26 Å². The summed E-state index contributed by atoms with van der Waals surface area (Å²) in [4.78, 5) is 23.5. The molecule has 1 aliphatic heterocycles. The lowest BCUT2D eigenvalue weighted by Crippen LogP contribution is -2.24. The molecule has 0 saturated heterocycles. The van der Waals surface area contributed by atoms with E-state index in [4.69, 9.17) is 14.3 Å². The number of fused-ring (bicyclic) bond motifs is 1. The molecule has 1 aromatic heterocycles. The molecule has 5 heteroatoms.